The smallest absolute Gasteiger partial charge is 0.225 e. The molecule has 1 saturated carbocycles. The van der Waals surface area contributed by atoms with Gasteiger partial charge in [-0.05, 0) is 57.4 Å². The quantitative estimate of drug-likeness (QED) is 0.925. The monoisotopic (exact) mass is 303 g/mol. The summed E-state index contributed by atoms with van der Waals surface area (Å²) in [4.78, 5) is 11.4. The number of hydrogen-bond acceptors (Lipinski definition) is 5. The summed E-state index contributed by atoms with van der Waals surface area (Å²) in [5, 5.41) is 1.18. The molecule has 2 aliphatic carbocycles. The highest BCUT2D eigenvalue weighted by Gasteiger charge is 2.29. The van der Waals surface area contributed by atoms with E-state index in [1.165, 1.54) is 28.7 Å². The molecule has 2 N–H and O–H groups in total. The number of fused-ring (bicyclic) bond motifs is 3. The predicted octanol–water partition coefficient (Wildman–Crippen LogP) is 3.22. The van der Waals surface area contributed by atoms with Crippen LogP contribution in [0, 0.1) is 0 Å². The number of hydrogen-bond donors (Lipinski definition) is 1. The first-order chi connectivity index (χ1) is 10.1. The lowest BCUT2D eigenvalue weighted by Gasteiger charge is -2.34. The van der Waals surface area contributed by atoms with Crippen LogP contribution in [0.2, 0.25) is 0 Å². The van der Waals surface area contributed by atoms with Crippen LogP contribution in [0.1, 0.15) is 49.5 Å². The molecule has 0 unspecified atom stereocenters. The van der Waals surface area contributed by atoms with Gasteiger partial charge < -0.3 is 10.5 Å². The normalized spacial score (nSPS) is 28.8. The molecule has 2 aromatic heterocycles. The molecule has 0 saturated heterocycles. The highest BCUT2D eigenvalue weighted by molar-refractivity contribution is 7.18. The van der Waals surface area contributed by atoms with E-state index < -0.39 is 0 Å². The Morgan fingerprint density at radius 1 is 1.29 bits per heavy atom. The van der Waals surface area contributed by atoms with Crippen LogP contribution < -0.4 is 10.5 Å². The topological polar surface area (TPSA) is 61.0 Å². The van der Waals surface area contributed by atoms with Gasteiger partial charge >= 0.3 is 0 Å². The fourth-order valence-electron chi connectivity index (χ4n) is 3.52. The number of nitrogens with zero attached hydrogens (tertiary/aromatic N) is 2. The van der Waals surface area contributed by atoms with Crippen molar-refractivity contribution in [1.82, 2.24) is 9.97 Å². The SMILES string of the molecule is CC1(N)CCC(Oc2ncnc3sc4c(c23)CCC4)CC1. The van der Waals surface area contributed by atoms with Crippen LogP contribution >= 0.6 is 11.3 Å². The maximum absolute atomic E-state index is 6.25. The van der Waals surface area contributed by atoms with Crippen molar-refractivity contribution in [3.63, 3.8) is 0 Å². The molecule has 0 bridgehead atoms. The minimum atomic E-state index is -0.0233. The lowest BCUT2D eigenvalue weighted by Crippen LogP contribution is -2.42. The van der Waals surface area contributed by atoms with Gasteiger partial charge in [0.05, 0.1) is 5.39 Å². The molecular weight excluding hydrogens is 282 g/mol. The van der Waals surface area contributed by atoms with Crippen LogP contribution in [-0.4, -0.2) is 21.6 Å². The third kappa shape index (κ3) is 2.42. The summed E-state index contributed by atoms with van der Waals surface area (Å²) in [6.07, 6.45) is 9.54. The zero-order valence-corrected chi connectivity index (χ0v) is 13.2. The van der Waals surface area contributed by atoms with Crippen molar-refractivity contribution in [3.05, 3.63) is 16.8 Å². The second-order valence-electron chi connectivity index (χ2n) is 6.69. The fourth-order valence-corrected chi connectivity index (χ4v) is 4.74. The fraction of sp³-hybridized carbons (Fsp3) is 0.625. The van der Waals surface area contributed by atoms with Gasteiger partial charge in [0, 0.05) is 10.4 Å². The van der Waals surface area contributed by atoms with Crippen LogP contribution in [-0.2, 0) is 12.8 Å². The third-order valence-corrected chi connectivity index (χ3v) is 6.02. The van der Waals surface area contributed by atoms with Crippen molar-refractivity contribution in [2.75, 3.05) is 0 Å². The summed E-state index contributed by atoms with van der Waals surface area (Å²) in [5.74, 6) is 0.796. The van der Waals surface area contributed by atoms with Crippen LogP contribution in [0.5, 0.6) is 5.88 Å². The zero-order chi connectivity index (χ0) is 14.4. The molecule has 0 spiro atoms. The molecular formula is C16H21N3OS. The number of rotatable bonds is 2. The van der Waals surface area contributed by atoms with Gasteiger partial charge in [-0.1, -0.05) is 0 Å². The van der Waals surface area contributed by atoms with Crippen LogP contribution in [0.4, 0.5) is 0 Å². The van der Waals surface area contributed by atoms with Gasteiger partial charge in [-0.3, -0.25) is 0 Å². The standard InChI is InChI=1S/C16H21N3OS/c1-16(17)7-5-10(6-8-16)20-14-13-11-3-2-4-12(11)21-15(13)19-9-18-14/h9-10H,2-8,17H2,1H3. The lowest BCUT2D eigenvalue weighted by molar-refractivity contribution is 0.121. The number of aryl methyl sites for hydroxylation is 2. The molecule has 4 nitrogen and oxygen atoms in total. The van der Waals surface area contributed by atoms with Gasteiger partial charge in [0.15, 0.2) is 0 Å². The average Bonchev–Trinajstić information content (AvgIpc) is 3.01. The van der Waals surface area contributed by atoms with Crippen molar-refractivity contribution < 1.29 is 4.74 Å². The molecule has 2 aliphatic rings. The molecule has 0 aromatic carbocycles. The van der Waals surface area contributed by atoms with E-state index in [1.54, 1.807) is 6.33 Å². The van der Waals surface area contributed by atoms with E-state index in [-0.39, 0.29) is 11.6 Å². The molecule has 1 fully saturated rings. The highest BCUT2D eigenvalue weighted by atomic mass is 32.1. The number of aromatic nitrogens is 2. The van der Waals surface area contributed by atoms with Crippen LogP contribution in [0.25, 0.3) is 10.2 Å². The van der Waals surface area contributed by atoms with Gasteiger partial charge in [-0.2, -0.15) is 0 Å². The molecule has 112 valence electrons. The molecule has 0 amide bonds. The maximum Gasteiger partial charge on any atom is 0.225 e. The Balaban J connectivity index is 1.62. The Bertz CT molecular complexity index is 669. The lowest BCUT2D eigenvalue weighted by atomic mass is 9.83. The van der Waals surface area contributed by atoms with Crippen molar-refractivity contribution in [2.24, 2.45) is 5.73 Å². The molecule has 0 aliphatic heterocycles. The van der Waals surface area contributed by atoms with Crippen molar-refractivity contribution >= 4 is 21.6 Å². The number of thiophene rings is 1. The Morgan fingerprint density at radius 3 is 2.90 bits per heavy atom. The van der Waals surface area contributed by atoms with Crippen molar-refractivity contribution in [2.45, 2.75) is 63.5 Å². The molecule has 2 heterocycles. The molecule has 4 rings (SSSR count). The van der Waals surface area contributed by atoms with E-state index in [1.807, 2.05) is 11.3 Å². The van der Waals surface area contributed by atoms with E-state index >= 15 is 0 Å². The first-order valence-corrected chi connectivity index (χ1v) is 8.65. The summed E-state index contributed by atoms with van der Waals surface area (Å²) in [6.45, 7) is 2.14. The Morgan fingerprint density at radius 2 is 2.10 bits per heavy atom. The first-order valence-electron chi connectivity index (χ1n) is 7.83. The molecule has 0 atom stereocenters. The Kier molecular flexibility index (Phi) is 3.15. The molecule has 5 heteroatoms. The van der Waals surface area contributed by atoms with Crippen molar-refractivity contribution in [3.8, 4) is 5.88 Å². The van der Waals surface area contributed by atoms with Gasteiger partial charge in [0.25, 0.3) is 0 Å². The Hall–Kier alpha value is -1.20. The first kappa shape index (κ1) is 13.5. The van der Waals surface area contributed by atoms with Gasteiger partial charge in [-0.15, -0.1) is 11.3 Å². The van der Waals surface area contributed by atoms with Gasteiger partial charge in [0.2, 0.25) is 5.88 Å². The Labute approximate surface area is 128 Å². The summed E-state index contributed by atoms with van der Waals surface area (Å²) in [6, 6.07) is 0. The van der Waals surface area contributed by atoms with Gasteiger partial charge in [0.1, 0.15) is 17.3 Å². The van der Waals surface area contributed by atoms with Crippen molar-refractivity contribution in [1.29, 1.82) is 0 Å². The molecule has 2 aromatic rings. The van der Waals surface area contributed by atoms with E-state index in [0.29, 0.717) is 0 Å². The summed E-state index contributed by atoms with van der Waals surface area (Å²) in [7, 11) is 0. The second-order valence-corrected chi connectivity index (χ2v) is 7.77. The zero-order valence-electron chi connectivity index (χ0n) is 12.4. The van der Waals surface area contributed by atoms with Crippen LogP contribution in [0.15, 0.2) is 6.33 Å². The van der Waals surface area contributed by atoms with E-state index in [0.717, 1.165) is 42.8 Å². The minimum Gasteiger partial charge on any atom is -0.474 e. The average molecular weight is 303 g/mol. The van der Waals surface area contributed by atoms with E-state index in [2.05, 4.69) is 16.9 Å². The largest absolute Gasteiger partial charge is 0.474 e. The van der Waals surface area contributed by atoms with Gasteiger partial charge in [-0.25, -0.2) is 9.97 Å². The minimum absolute atomic E-state index is 0.0233. The van der Waals surface area contributed by atoms with Crippen LogP contribution in [0.3, 0.4) is 0 Å². The summed E-state index contributed by atoms with van der Waals surface area (Å²) < 4.78 is 6.25. The molecule has 0 radical (unpaired) electrons. The predicted molar refractivity (Wildman–Crippen MR) is 84.9 cm³/mol. The summed E-state index contributed by atoms with van der Waals surface area (Å²) in [5.41, 5.74) is 7.61. The van der Waals surface area contributed by atoms with E-state index in [4.69, 9.17) is 10.5 Å². The summed E-state index contributed by atoms with van der Waals surface area (Å²) >= 11 is 1.81. The highest BCUT2D eigenvalue weighted by Crippen LogP contribution is 2.40. The second kappa shape index (κ2) is 4.92. The molecule has 21 heavy (non-hydrogen) atoms. The third-order valence-electron chi connectivity index (χ3n) is 4.82. The number of nitrogens with two attached hydrogens (primary N) is 1. The van der Waals surface area contributed by atoms with E-state index in [9.17, 15) is 0 Å². The maximum atomic E-state index is 6.25. The number of ether oxygens (including phenoxy) is 1.